The molecule has 0 saturated heterocycles. The van der Waals surface area contributed by atoms with Gasteiger partial charge in [0.1, 0.15) is 5.75 Å². The molecule has 0 spiro atoms. The van der Waals surface area contributed by atoms with E-state index in [1.807, 2.05) is 50.2 Å². The number of ether oxygens (including phenoxy) is 1. The molecular weight excluding hydrogens is 398 g/mol. The minimum Gasteiger partial charge on any atom is -0.493 e. The number of fused-ring (bicyclic) bond motifs is 1. The predicted molar refractivity (Wildman–Crippen MR) is 103 cm³/mol. The highest BCUT2D eigenvalue weighted by atomic mass is 79.9. The third kappa shape index (κ3) is 3.77. The molecule has 0 aliphatic carbocycles. The molecule has 26 heavy (non-hydrogen) atoms. The van der Waals surface area contributed by atoms with E-state index in [9.17, 15) is 9.90 Å². The van der Waals surface area contributed by atoms with E-state index in [1.54, 1.807) is 16.7 Å². The smallest absolute Gasteiger partial charge is 0.302 e. The molecule has 0 radical (unpaired) electrons. The molecule has 0 fully saturated rings. The Morgan fingerprint density at radius 1 is 1.23 bits per heavy atom. The number of azo groups is 1. The quantitative estimate of drug-likeness (QED) is 0.568. The van der Waals surface area contributed by atoms with Gasteiger partial charge in [0.15, 0.2) is 12.3 Å². The van der Waals surface area contributed by atoms with Gasteiger partial charge < -0.3 is 14.4 Å². The van der Waals surface area contributed by atoms with Crippen LogP contribution in [-0.2, 0) is 4.79 Å². The summed E-state index contributed by atoms with van der Waals surface area (Å²) in [6.07, 6.45) is 0. The van der Waals surface area contributed by atoms with Crippen LogP contribution in [0, 0.1) is 0 Å². The number of benzene rings is 2. The highest BCUT2D eigenvalue weighted by molar-refractivity contribution is 9.10. The average molecular weight is 416 g/mol. The highest BCUT2D eigenvalue weighted by Gasteiger charge is 2.18. The maximum atomic E-state index is 12.0. The number of hydrogen-bond acceptors (Lipinski definition) is 4. The van der Waals surface area contributed by atoms with Crippen molar-refractivity contribution in [1.82, 2.24) is 4.57 Å². The van der Waals surface area contributed by atoms with Crippen molar-refractivity contribution in [3.8, 4) is 11.6 Å². The Hall–Kier alpha value is -2.67. The SMILES string of the molecule is CC(C)n1c(O)c(N=NC(=O)COc2cccc(Br)c2)c2ccccc21. The standard InChI is InChI=1S/C19H18BrN3O3/c1-12(2)23-16-9-4-3-8-15(16)18(19(23)25)22-21-17(24)11-26-14-7-5-6-13(20)10-14/h3-10,12,25H,11H2,1-2H3. The van der Waals surface area contributed by atoms with E-state index >= 15 is 0 Å². The lowest BCUT2D eigenvalue weighted by Crippen LogP contribution is -2.07. The highest BCUT2D eigenvalue weighted by Crippen LogP contribution is 2.40. The van der Waals surface area contributed by atoms with Crippen molar-refractivity contribution >= 4 is 38.4 Å². The van der Waals surface area contributed by atoms with Crippen LogP contribution in [0.4, 0.5) is 5.69 Å². The fraction of sp³-hybridized carbons (Fsp3) is 0.211. The van der Waals surface area contributed by atoms with Gasteiger partial charge in [0, 0.05) is 15.9 Å². The molecule has 1 aromatic heterocycles. The molecule has 3 aromatic rings. The van der Waals surface area contributed by atoms with Crippen LogP contribution < -0.4 is 4.74 Å². The summed E-state index contributed by atoms with van der Waals surface area (Å²) < 4.78 is 8.01. The Kier molecular flexibility index (Phi) is 5.37. The van der Waals surface area contributed by atoms with Crippen molar-refractivity contribution in [2.45, 2.75) is 19.9 Å². The van der Waals surface area contributed by atoms with Crippen LogP contribution in [0.25, 0.3) is 10.9 Å². The summed E-state index contributed by atoms with van der Waals surface area (Å²) in [7, 11) is 0. The maximum Gasteiger partial charge on any atom is 0.302 e. The Bertz CT molecular complexity index is 979. The van der Waals surface area contributed by atoms with Gasteiger partial charge in [-0.2, -0.15) is 0 Å². The van der Waals surface area contributed by atoms with Crippen LogP contribution in [0.2, 0.25) is 0 Å². The number of rotatable bonds is 5. The summed E-state index contributed by atoms with van der Waals surface area (Å²) in [4.78, 5) is 12.0. The molecule has 0 aliphatic rings. The van der Waals surface area contributed by atoms with Crippen LogP contribution >= 0.6 is 15.9 Å². The fourth-order valence-corrected chi connectivity index (χ4v) is 3.07. The first kappa shape index (κ1) is 18.1. The van der Waals surface area contributed by atoms with Gasteiger partial charge in [0.2, 0.25) is 5.88 Å². The van der Waals surface area contributed by atoms with Crippen LogP contribution in [-0.4, -0.2) is 22.2 Å². The van der Waals surface area contributed by atoms with E-state index in [-0.39, 0.29) is 24.2 Å². The number of amides is 1. The van der Waals surface area contributed by atoms with Crippen molar-refractivity contribution in [3.63, 3.8) is 0 Å². The van der Waals surface area contributed by atoms with E-state index in [1.165, 1.54) is 0 Å². The van der Waals surface area contributed by atoms with Crippen molar-refractivity contribution in [2.24, 2.45) is 10.2 Å². The van der Waals surface area contributed by atoms with Gasteiger partial charge in [-0.05, 0) is 38.1 Å². The van der Waals surface area contributed by atoms with Crippen LogP contribution in [0.1, 0.15) is 19.9 Å². The summed E-state index contributed by atoms with van der Waals surface area (Å²) in [5.74, 6) is 0.0126. The largest absolute Gasteiger partial charge is 0.493 e. The van der Waals surface area contributed by atoms with Crippen molar-refractivity contribution in [2.75, 3.05) is 6.61 Å². The van der Waals surface area contributed by atoms with Gasteiger partial charge in [-0.3, -0.25) is 4.79 Å². The van der Waals surface area contributed by atoms with E-state index in [2.05, 4.69) is 26.2 Å². The summed E-state index contributed by atoms with van der Waals surface area (Å²) in [6, 6.07) is 14.7. The number of aromatic hydroxyl groups is 1. The van der Waals surface area contributed by atoms with Gasteiger partial charge in [0.05, 0.1) is 5.52 Å². The second-order valence-corrected chi connectivity index (χ2v) is 6.91. The van der Waals surface area contributed by atoms with E-state index in [0.717, 1.165) is 15.4 Å². The monoisotopic (exact) mass is 415 g/mol. The van der Waals surface area contributed by atoms with Gasteiger partial charge >= 0.3 is 5.91 Å². The zero-order valence-corrected chi connectivity index (χ0v) is 16.0. The van der Waals surface area contributed by atoms with Gasteiger partial charge in [0.25, 0.3) is 0 Å². The summed E-state index contributed by atoms with van der Waals surface area (Å²) in [5, 5.41) is 18.9. The molecule has 3 rings (SSSR count). The molecule has 7 heteroatoms. The number of para-hydroxylation sites is 1. The number of nitrogens with zero attached hydrogens (tertiary/aromatic N) is 3. The van der Waals surface area contributed by atoms with Crippen molar-refractivity contribution in [3.05, 3.63) is 53.0 Å². The first-order valence-corrected chi connectivity index (χ1v) is 8.91. The first-order chi connectivity index (χ1) is 12.5. The Morgan fingerprint density at radius 3 is 2.73 bits per heavy atom. The van der Waals surface area contributed by atoms with E-state index in [4.69, 9.17) is 4.74 Å². The molecule has 1 amide bonds. The lowest BCUT2D eigenvalue weighted by atomic mass is 10.2. The second kappa shape index (κ2) is 7.70. The zero-order chi connectivity index (χ0) is 18.7. The molecule has 0 atom stereocenters. The zero-order valence-electron chi connectivity index (χ0n) is 14.4. The van der Waals surface area contributed by atoms with Gasteiger partial charge in [-0.25, -0.2) is 0 Å². The molecule has 1 N–H and O–H groups in total. The summed E-state index contributed by atoms with van der Waals surface area (Å²) in [5.41, 5.74) is 1.12. The summed E-state index contributed by atoms with van der Waals surface area (Å²) >= 11 is 3.34. The molecule has 0 saturated carbocycles. The number of carbonyl (C=O) groups is 1. The Balaban J connectivity index is 1.80. The lowest BCUT2D eigenvalue weighted by molar-refractivity contribution is -0.120. The number of halogens is 1. The molecule has 2 aromatic carbocycles. The molecule has 1 heterocycles. The molecule has 0 unspecified atom stereocenters. The van der Waals surface area contributed by atoms with Crippen LogP contribution in [0.15, 0.2) is 63.2 Å². The summed E-state index contributed by atoms with van der Waals surface area (Å²) in [6.45, 7) is 3.69. The van der Waals surface area contributed by atoms with Crippen LogP contribution in [0.3, 0.4) is 0 Å². The third-order valence-corrected chi connectivity index (χ3v) is 4.29. The van der Waals surface area contributed by atoms with Crippen molar-refractivity contribution in [1.29, 1.82) is 0 Å². The predicted octanol–water partition coefficient (Wildman–Crippen LogP) is 5.38. The Labute approximate surface area is 159 Å². The minimum absolute atomic E-state index is 0.00865. The first-order valence-electron chi connectivity index (χ1n) is 8.12. The molecule has 0 bridgehead atoms. The fourth-order valence-electron chi connectivity index (χ4n) is 2.69. The minimum atomic E-state index is -0.536. The van der Waals surface area contributed by atoms with Crippen molar-refractivity contribution < 1.29 is 14.6 Å². The van der Waals surface area contributed by atoms with E-state index in [0.29, 0.717) is 5.75 Å². The molecular formula is C19H18BrN3O3. The lowest BCUT2D eigenvalue weighted by Gasteiger charge is -2.10. The van der Waals surface area contributed by atoms with Gasteiger partial charge in [-0.1, -0.05) is 40.2 Å². The average Bonchev–Trinajstić information content (AvgIpc) is 2.90. The second-order valence-electron chi connectivity index (χ2n) is 5.99. The van der Waals surface area contributed by atoms with E-state index < -0.39 is 5.91 Å². The van der Waals surface area contributed by atoms with Crippen LogP contribution in [0.5, 0.6) is 11.6 Å². The Morgan fingerprint density at radius 2 is 2.00 bits per heavy atom. The normalized spacial score (nSPS) is 11.5. The molecule has 0 aliphatic heterocycles. The molecule has 134 valence electrons. The molecule has 6 nitrogen and oxygen atoms in total. The van der Waals surface area contributed by atoms with Gasteiger partial charge in [-0.15, -0.1) is 10.2 Å². The number of hydrogen-bond donors (Lipinski definition) is 1. The number of aromatic nitrogens is 1. The maximum absolute atomic E-state index is 12.0. The number of carbonyl (C=O) groups excluding carboxylic acids is 1. The third-order valence-electron chi connectivity index (χ3n) is 3.80. The topological polar surface area (TPSA) is 76.2 Å².